The summed E-state index contributed by atoms with van der Waals surface area (Å²) in [6.07, 6.45) is 0. The molecule has 4 heteroatoms. The maximum absolute atomic E-state index is 8.33. The monoisotopic (exact) mass is 247 g/mol. The molecule has 0 N–H and O–H groups in total. The molecule has 0 saturated carbocycles. The molecule has 0 aliphatic rings. The molecule has 0 aliphatic carbocycles. The summed E-state index contributed by atoms with van der Waals surface area (Å²) < 4.78 is 8.33. The van der Waals surface area contributed by atoms with Crippen LogP contribution in [0.5, 0.6) is 0 Å². The van der Waals surface area contributed by atoms with Crippen LogP contribution >= 0.6 is 0 Å². The maximum atomic E-state index is 8.33. The first kappa shape index (κ1) is 19.5. The van der Waals surface area contributed by atoms with Crippen molar-refractivity contribution in [1.29, 1.82) is 0 Å². The molecular formula is CH3O3W-. The van der Waals surface area contributed by atoms with Gasteiger partial charge in [0.2, 0.25) is 0 Å². The number of rotatable bonds is 0. The van der Waals surface area contributed by atoms with Gasteiger partial charge in [0.1, 0.15) is 0 Å². The third-order valence-electron chi connectivity index (χ3n) is 0. The van der Waals surface area contributed by atoms with Gasteiger partial charge in [-0.3, -0.25) is 0 Å². The first-order chi connectivity index (χ1) is 2.00. The van der Waals surface area contributed by atoms with E-state index >= 15 is 0 Å². The Morgan fingerprint density at radius 3 is 1.00 bits per heavy atom. The normalized spacial score (nSPS) is 1.60. The van der Waals surface area contributed by atoms with Gasteiger partial charge >= 0.3 is 23.2 Å². The summed E-state index contributed by atoms with van der Waals surface area (Å²) >= 11 is 0.333. The van der Waals surface area contributed by atoms with Crippen molar-refractivity contribution in [1.82, 2.24) is 0 Å². The minimum absolute atomic E-state index is 0. The molecule has 3 nitrogen and oxygen atoms in total. The van der Waals surface area contributed by atoms with Crippen LogP contribution in [0.1, 0.15) is 0 Å². The van der Waals surface area contributed by atoms with Gasteiger partial charge < -0.3 is 7.43 Å². The zero-order valence-corrected chi connectivity index (χ0v) is 5.57. The van der Waals surface area contributed by atoms with Gasteiger partial charge in [-0.1, -0.05) is 0 Å². The molecule has 0 unspecified atom stereocenters. The third-order valence-corrected chi connectivity index (χ3v) is 0. The molecule has 0 aliphatic heterocycles. The molecule has 0 radical (unpaired) electrons. The van der Waals surface area contributed by atoms with Gasteiger partial charge in [-0.05, 0) is 0 Å². The topological polar surface area (TPSA) is 51.2 Å². The van der Waals surface area contributed by atoms with Crippen molar-refractivity contribution in [2.75, 3.05) is 0 Å². The first-order valence-electron chi connectivity index (χ1n) is 0.333. The molecule has 0 aromatic carbocycles. The summed E-state index contributed by atoms with van der Waals surface area (Å²) in [5.74, 6) is 0. The Kier molecular flexibility index (Phi) is 19500. The van der Waals surface area contributed by atoms with E-state index in [1.807, 2.05) is 0 Å². The van der Waals surface area contributed by atoms with Crippen molar-refractivity contribution in [2.24, 2.45) is 0 Å². The molecule has 0 heterocycles. The summed E-state index contributed by atoms with van der Waals surface area (Å²) in [6.45, 7) is 0. The van der Waals surface area contributed by atoms with Crippen LogP contribution in [0.15, 0.2) is 0 Å². The molecule has 5 heavy (non-hydrogen) atoms. The summed E-state index contributed by atoms with van der Waals surface area (Å²) in [5.41, 5.74) is 0. The summed E-state index contributed by atoms with van der Waals surface area (Å²) in [4.78, 5) is 14.0. The zero-order chi connectivity index (χ0) is 4.00. The predicted octanol–water partition coefficient (Wildman–Crippen LogP) is 0.396. The molecule has 0 aromatic rings. The van der Waals surface area contributed by atoms with Crippen LogP contribution in [0.3, 0.4) is 0 Å². The standard InChI is InChI=1S/CH3.O2.O.W/c;1-2;;/h1H3;;;/q-1;;;. The molecule has 0 aromatic heterocycles. The van der Waals surface area contributed by atoms with Crippen molar-refractivity contribution in [3.8, 4) is 0 Å². The van der Waals surface area contributed by atoms with Crippen LogP contribution < -0.4 is 0 Å². The second-order valence-corrected chi connectivity index (χ2v) is 0. The van der Waals surface area contributed by atoms with Crippen LogP contribution in [0, 0.1) is 17.4 Å². The van der Waals surface area contributed by atoms with E-state index in [1.165, 1.54) is 0 Å². The van der Waals surface area contributed by atoms with Crippen molar-refractivity contribution < 1.29 is 23.2 Å². The molecule has 0 fully saturated rings. The van der Waals surface area contributed by atoms with Crippen molar-refractivity contribution in [3.63, 3.8) is 0 Å². The third kappa shape index (κ3) is 2290. The van der Waals surface area contributed by atoms with E-state index < -0.39 is 0 Å². The molecule has 0 amide bonds. The van der Waals surface area contributed by atoms with E-state index in [9.17, 15) is 0 Å². The Morgan fingerprint density at radius 1 is 1.00 bits per heavy atom. The van der Waals surface area contributed by atoms with E-state index in [2.05, 4.69) is 0 Å². The van der Waals surface area contributed by atoms with Crippen molar-refractivity contribution in [2.45, 2.75) is 0 Å². The minimum atomic E-state index is 0. The average molecular weight is 247 g/mol. The Hall–Kier alpha value is 0.0883. The van der Waals surface area contributed by atoms with Gasteiger partial charge in [-0.2, -0.15) is 0 Å². The van der Waals surface area contributed by atoms with Gasteiger partial charge in [0.25, 0.3) is 0 Å². The van der Waals surface area contributed by atoms with Crippen LogP contribution in [0.2, 0.25) is 0 Å². The summed E-state index contributed by atoms with van der Waals surface area (Å²) in [7, 11) is 0. The van der Waals surface area contributed by atoms with Gasteiger partial charge in [-0.25, -0.2) is 0 Å². The number of hydrogen-bond donors (Lipinski definition) is 0. The van der Waals surface area contributed by atoms with E-state index in [4.69, 9.17) is 13.3 Å². The SMILES string of the molecule is O=O.[CH3-].[O]=[W]. The average Bonchev–Trinajstić information content (AvgIpc) is 1.50. The van der Waals surface area contributed by atoms with Gasteiger partial charge in [0.15, 0.2) is 0 Å². The van der Waals surface area contributed by atoms with Gasteiger partial charge in [-0.15, -0.1) is 0 Å². The van der Waals surface area contributed by atoms with Crippen LogP contribution in [-0.4, -0.2) is 0 Å². The summed E-state index contributed by atoms with van der Waals surface area (Å²) in [6, 6.07) is 0. The van der Waals surface area contributed by atoms with Crippen molar-refractivity contribution >= 4 is 0 Å². The number of hydrogen-bond acceptors (Lipinski definition) is 3. The predicted molar refractivity (Wildman–Crippen MR) is 13.8 cm³/mol. The van der Waals surface area contributed by atoms with E-state index in [0.717, 1.165) is 0 Å². The Labute approximate surface area is 41.2 Å². The molecule has 0 spiro atoms. The summed E-state index contributed by atoms with van der Waals surface area (Å²) in [5, 5.41) is 0. The van der Waals surface area contributed by atoms with E-state index in [1.54, 1.807) is 0 Å². The van der Waals surface area contributed by atoms with Crippen LogP contribution in [-0.2, 0) is 23.2 Å². The molecule has 32 valence electrons. The fourth-order valence-electron chi connectivity index (χ4n) is 0. The second-order valence-electron chi connectivity index (χ2n) is 0. The van der Waals surface area contributed by atoms with Crippen LogP contribution in [0.25, 0.3) is 0 Å². The second kappa shape index (κ2) is 5000. The Bertz CT molecular complexity index is 8.85. The van der Waals surface area contributed by atoms with E-state index in [0.29, 0.717) is 19.8 Å². The molecule has 0 atom stereocenters. The molecular weight excluding hydrogens is 244 g/mol. The zero-order valence-electron chi connectivity index (χ0n) is 2.63. The fraction of sp³-hybridized carbons (Fsp3) is 0. The van der Waals surface area contributed by atoms with Gasteiger partial charge in [0, 0.05) is 9.93 Å². The quantitative estimate of drug-likeness (QED) is 0.582. The van der Waals surface area contributed by atoms with Gasteiger partial charge in [0.05, 0.1) is 0 Å². The molecule has 0 saturated heterocycles. The first-order valence-corrected chi connectivity index (χ1v) is 1.53. The Balaban J connectivity index is -0.0000000133. The Morgan fingerprint density at radius 2 is 1.00 bits per heavy atom. The molecule has 0 bridgehead atoms. The van der Waals surface area contributed by atoms with Crippen molar-refractivity contribution in [3.05, 3.63) is 17.4 Å². The van der Waals surface area contributed by atoms with E-state index in [-0.39, 0.29) is 7.43 Å². The fourth-order valence-corrected chi connectivity index (χ4v) is 0. The molecule has 0 rings (SSSR count). The van der Waals surface area contributed by atoms with Crippen LogP contribution in [0.4, 0.5) is 0 Å².